The maximum atomic E-state index is 3.78. The average molecular weight is 298 g/mol. The molecule has 0 heterocycles. The Balaban J connectivity index is 3.48. The summed E-state index contributed by atoms with van der Waals surface area (Å²) in [6.45, 7) is 10.6. The smallest absolute Gasteiger partial charge is 0.00645 e. The van der Waals surface area contributed by atoms with E-state index in [9.17, 15) is 0 Å². The van der Waals surface area contributed by atoms with E-state index < -0.39 is 0 Å². The van der Waals surface area contributed by atoms with Crippen molar-refractivity contribution < 1.29 is 0 Å². The Morgan fingerprint density at radius 1 is 0.667 bits per heavy atom. The first-order chi connectivity index (χ1) is 10.2. The summed E-state index contributed by atoms with van der Waals surface area (Å²) in [4.78, 5) is 0. The SMILES string of the molecule is CCCCCCCCNC(CC)CCC(C)CCCCC. The van der Waals surface area contributed by atoms with Gasteiger partial charge in [0.25, 0.3) is 0 Å². The zero-order valence-corrected chi connectivity index (χ0v) is 15.6. The molecule has 0 fully saturated rings. The number of unbranched alkanes of at least 4 members (excludes halogenated alkanes) is 7. The van der Waals surface area contributed by atoms with Crippen molar-refractivity contribution >= 4 is 0 Å². The standard InChI is InChI=1S/C20H43N/c1-5-8-10-11-12-14-18-21-20(7-3)17-16-19(4)15-13-9-6-2/h19-21H,5-18H2,1-4H3. The van der Waals surface area contributed by atoms with Gasteiger partial charge in [-0.25, -0.2) is 0 Å². The van der Waals surface area contributed by atoms with Crippen LogP contribution in [0.2, 0.25) is 0 Å². The average Bonchev–Trinajstić information content (AvgIpc) is 2.49. The highest BCUT2D eigenvalue weighted by Gasteiger charge is 2.08. The minimum absolute atomic E-state index is 0.759. The van der Waals surface area contributed by atoms with Crippen LogP contribution in [-0.2, 0) is 0 Å². The van der Waals surface area contributed by atoms with Gasteiger partial charge in [-0.2, -0.15) is 0 Å². The quantitative estimate of drug-likeness (QED) is 0.312. The van der Waals surface area contributed by atoms with Gasteiger partial charge in [0.05, 0.1) is 0 Å². The third-order valence-electron chi connectivity index (χ3n) is 4.76. The van der Waals surface area contributed by atoms with Crippen molar-refractivity contribution in [3.63, 3.8) is 0 Å². The van der Waals surface area contributed by atoms with Gasteiger partial charge in [-0.05, 0) is 38.1 Å². The van der Waals surface area contributed by atoms with Gasteiger partial charge in [-0.1, -0.05) is 85.5 Å². The summed E-state index contributed by atoms with van der Waals surface area (Å²) >= 11 is 0. The predicted octanol–water partition coefficient (Wildman–Crippen LogP) is 6.71. The molecule has 0 aliphatic carbocycles. The van der Waals surface area contributed by atoms with Gasteiger partial charge in [0.2, 0.25) is 0 Å². The zero-order chi connectivity index (χ0) is 15.8. The van der Waals surface area contributed by atoms with E-state index in [1.54, 1.807) is 0 Å². The normalized spacial score (nSPS) is 14.3. The maximum Gasteiger partial charge on any atom is 0.00645 e. The summed E-state index contributed by atoms with van der Waals surface area (Å²) in [6.07, 6.45) is 18.1. The largest absolute Gasteiger partial charge is 0.314 e. The second-order valence-corrected chi connectivity index (χ2v) is 7.01. The number of hydrogen-bond donors (Lipinski definition) is 1. The van der Waals surface area contributed by atoms with E-state index in [2.05, 4.69) is 33.0 Å². The summed E-state index contributed by atoms with van der Waals surface area (Å²) in [5, 5.41) is 3.78. The highest BCUT2D eigenvalue weighted by molar-refractivity contribution is 4.67. The van der Waals surface area contributed by atoms with Crippen LogP contribution in [-0.4, -0.2) is 12.6 Å². The number of nitrogens with one attached hydrogen (secondary N) is 1. The van der Waals surface area contributed by atoms with Crippen LogP contribution in [0.25, 0.3) is 0 Å². The van der Waals surface area contributed by atoms with Crippen LogP contribution in [0.3, 0.4) is 0 Å². The molecule has 0 radical (unpaired) electrons. The summed E-state index contributed by atoms with van der Waals surface area (Å²) in [7, 11) is 0. The molecular formula is C20H43N. The van der Waals surface area contributed by atoms with Crippen LogP contribution >= 0.6 is 0 Å². The fourth-order valence-electron chi connectivity index (χ4n) is 3.03. The minimum atomic E-state index is 0.759. The highest BCUT2D eigenvalue weighted by Crippen LogP contribution is 2.17. The van der Waals surface area contributed by atoms with Gasteiger partial charge in [0.15, 0.2) is 0 Å². The van der Waals surface area contributed by atoms with Crippen LogP contribution in [0.15, 0.2) is 0 Å². The topological polar surface area (TPSA) is 12.0 Å². The van der Waals surface area contributed by atoms with Crippen LogP contribution in [0.1, 0.15) is 111 Å². The van der Waals surface area contributed by atoms with E-state index in [0.717, 1.165) is 12.0 Å². The molecule has 0 saturated heterocycles. The monoisotopic (exact) mass is 297 g/mol. The summed E-state index contributed by atoms with van der Waals surface area (Å²) in [5.74, 6) is 0.918. The Labute approximate surface area is 135 Å². The molecule has 0 amide bonds. The fraction of sp³-hybridized carbons (Fsp3) is 1.00. The molecule has 0 aromatic heterocycles. The lowest BCUT2D eigenvalue weighted by atomic mass is 9.95. The van der Waals surface area contributed by atoms with E-state index in [0.29, 0.717) is 0 Å². The maximum absolute atomic E-state index is 3.78. The van der Waals surface area contributed by atoms with Gasteiger partial charge in [0, 0.05) is 6.04 Å². The highest BCUT2D eigenvalue weighted by atomic mass is 14.9. The molecule has 21 heavy (non-hydrogen) atoms. The lowest BCUT2D eigenvalue weighted by molar-refractivity contribution is 0.383. The molecule has 0 aromatic rings. The molecule has 0 aromatic carbocycles. The molecule has 2 unspecified atom stereocenters. The first-order valence-electron chi connectivity index (χ1n) is 9.97. The molecule has 0 rings (SSSR count). The van der Waals surface area contributed by atoms with Crippen LogP contribution < -0.4 is 5.32 Å². The lowest BCUT2D eigenvalue weighted by Crippen LogP contribution is -2.29. The minimum Gasteiger partial charge on any atom is -0.314 e. The first kappa shape index (κ1) is 21.0. The molecule has 0 aliphatic heterocycles. The van der Waals surface area contributed by atoms with Gasteiger partial charge in [-0.15, -0.1) is 0 Å². The van der Waals surface area contributed by atoms with Crippen LogP contribution in [0, 0.1) is 5.92 Å². The Hall–Kier alpha value is -0.0400. The van der Waals surface area contributed by atoms with Crippen molar-refractivity contribution in [1.82, 2.24) is 5.32 Å². The predicted molar refractivity (Wildman–Crippen MR) is 98.0 cm³/mol. The Kier molecular flexibility index (Phi) is 16.3. The van der Waals surface area contributed by atoms with Crippen molar-refractivity contribution in [1.29, 1.82) is 0 Å². The second-order valence-electron chi connectivity index (χ2n) is 7.01. The molecule has 0 bridgehead atoms. The molecule has 1 N–H and O–H groups in total. The van der Waals surface area contributed by atoms with Crippen molar-refractivity contribution in [3.8, 4) is 0 Å². The fourth-order valence-corrected chi connectivity index (χ4v) is 3.03. The molecule has 0 saturated carbocycles. The molecular weight excluding hydrogens is 254 g/mol. The molecule has 0 spiro atoms. The van der Waals surface area contributed by atoms with Gasteiger partial charge in [0.1, 0.15) is 0 Å². The van der Waals surface area contributed by atoms with Gasteiger partial charge >= 0.3 is 0 Å². The third kappa shape index (κ3) is 14.7. The van der Waals surface area contributed by atoms with Crippen molar-refractivity contribution in [2.75, 3.05) is 6.54 Å². The van der Waals surface area contributed by atoms with Crippen molar-refractivity contribution in [2.24, 2.45) is 5.92 Å². The third-order valence-corrected chi connectivity index (χ3v) is 4.76. The van der Waals surface area contributed by atoms with E-state index in [-0.39, 0.29) is 0 Å². The van der Waals surface area contributed by atoms with Crippen LogP contribution in [0.4, 0.5) is 0 Å². The molecule has 2 atom stereocenters. The summed E-state index contributed by atoms with van der Waals surface area (Å²) < 4.78 is 0. The molecule has 0 aliphatic rings. The first-order valence-corrected chi connectivity index (χ1v) is 9.97. The Morgan fingerprint density at radius 2 is 1.29 bits per heavy atom. The molecule has 128 valence electrons. The lowest BCUT2D eigenvalue weighted by Gasteiger charge is -2.19. The van der Waals surface area contributed by atoms with E-state index >= 15 is 0 Å². The second kappa shape index (κ2) is 16.3. The van der Waals surface area contributed by atoms with E-state index in [1.807, 2.05) is 0 Å². The summed E-state index contributed by atoms with van der Waals surface area (Å²) in [5.41, 5.74) is 0. The Morgan fingerprint density at radius 3 is 1.95 bits per heavy atom. The van der Waals surface area contributed by atoms with Gasteiger partial charge in [-0.3, -0.25) is 0 Å². The van der Waals surface area contributed by atoms with Crippen molar-refractivity contribution in [3.05, 3.63) is 0 Å². The number of rotatable bonds is 16. The van der Waals surface area contributed by atoms with Crippen LogP contribution in [0.5, 0.6) is 0 Å². The molecule has 1 heteroatoms. The van der Waals surface area contributed by atoms with Gasteiger partial charge < -0.3 is 5.32 Å². The van der Waals surface area contributed by atoms with E-state index in [4.69, 9.17) is 0 Å². The zero-order valence-electron chi connectivity index (χ0n) is 15.6. The Bertz CT molecular complexity index is 190. The van der Waals surface area contributed by atoms with Crippen molar-refractivity contribution in [2.45, 2.75) is 117 Å². The van der Waals surface area contributed by atoms with E-state index in [1.165, 1.54) is 90.0 Å². The summed E-state index contributed by atoms with van der Waals surface area (Å²) in [6, 6.07) is 0.759. The molecule has 1 nitrogen and oxygen atoms in total. The number of hydrogen-bond acceptors (Lipinski definition) is 1.